The highest BCUT2D eigenvalue weighted by atomic mass is 32.2. The lowest BCUT2D eigenvalue weighted by molar-refractivity contribution is -0.120. The molecule has 5 nitrogen and oxygen atoms in total. The summed E-state index contributed by atoms with van der Waals surface area (Å²) in [5, 5.41) is 3.00. The van der Waals surface area contributed by atoms with E-state index in [1.807, 2.05) is 56.3 Å². The van der Waals surface area contributed by atoms with Crippen LogP contribution in [0.3, 0.4) is 0 Å². The van der Waals surface area contributed by atoms with E-state index >= 15 is 0 Å². The molecule has 162 valence electrons. The fourth-order valence-electron chi connectivity index (χ4n) is 3.55. The fraction of sp³-hybridized carbons (Fsp3) is 0.240. The van der Waals surface area contributed by atoms with Crippen molar-refractivity contribution in [2.45, 2.75) is 37.6 Å². The van der Waals surface area contributed by atoms with Gasteiger partial charge in [0.2, 0.25) is 5.91 Å². The molecule has 0 radical (unpaired) electrons. The monoisotopic (exact) mass is 436 g/mol. The third kappa shape index (κ3) is 5.33. The van der Waals surface area contributed by atoms with Gasteiger partial charge >= 0.3 is 0 Å². The number of aryl methyl sites for hydroxylation is 1. The van der Waals surface area contributed by atoms with E-state index in [1.165, 1.54) is 4.31 Å². The Labute approximate surface area is 184 Å². The molecule has 0 fully saturated rings. The van der Waals surface area contributed by atoms with E-state index in [1.54, 1.807) is 42.5 Å². The topological polar surface area (TPSA) is 66.5 Å². The molecule has 1 N–H and O–H groups in total. The molecule has 0 unspecified atom stereocenters. The third-order valence-corrected chi connectivity index (χ3v) is 6.98. The molecule has 3 aromatic rings. The predicted molar refractivity (Wildman–Crippen MR) is 124 cm³/mol. The molecule has 0 spiro atoms. The molecule has 1 amide bonds. The lowest BCUT2D eigenvalue weighted by Gasteiger charge is -2.27. The van der Waals surface area contributed by atoms with Crippen LogP contribution in [0.4, 0.5) is 5.69 Å². The summed E-state index contributed by atoms with van der Waals surface area (Å²) >= 11 is 0. The third-order valence-electron chi connectivity index (χ3n) is 5.21. The number of benzene rings is 3. The molecule has 0 aliphatic carbocycles. The lowest BCUT2D eigenvalue weighted by atomic mass is 10.0. The largest absolute Gasteiger partial charge is 0.348 e. The maximum Gasteiger partial charge on any atom is 0.264 e. The van der Waals surface area contributed by atoms with Crippen molar-refractivity contribution in [2.75, 3.05) is 10.8 Å². The first-order valence-corrected chi connectivity index (χ1v) is 11.9. The van der Waals surface area contributed by atoms with Crippen molar-refractivity contribution in [2.24, 2.45) is 0 Å². The first-order chi connectivity index (χ1) is 15.0. The van der Waals surface area contributed by atoms with Gasteiger partial charge < -0.3 is 5.32 Å². The van der Waals surface area contributed by atoms with E-state index in [-0.39, 0.29) is 23.4 Å². The minimum absolute atomic E-state index is 0.156. The average Bonchev–Trinajstić information content (AvgIpc) is 2.82. The standard InChI is InChI=1S/C25H28N2O3S/c1-3-20-13-11-12-18-24(20)27(31(29,30)22-16-9-6-10-17-22)19-25(28)26-23(4-2)21-14-7-5-8-15-21/h5-18,23H,3-4,19H2,1-2H3,(H,26,28)/t23-/m1/s1. The van der Waals surface area contributed by atoms with Crippen molar-refractivity contribution < 1.29 is 13.2 Å². The molecule has 0 bridgehead atoms. The van der Waals surface area contributed by atoms with Crippen LogP contribution >= 0.6 is 0 Å². The van der Waals surface area contributed by atoms with Crippen molar-refractivity contribution in [3.63, 3.8) is 0 Å². The normalized spacial score (nSPS) is 12.2. The summed E-state index contributed by atoms with van der Waals surface area (Å²) in [6.45, 7) is 3.66. The maximum atomic E-state index is 13.5. The zero-order valence-corrected chi connectivity index (χ0v) is 18.7. The summed E-state index contributed by atoms with van der Waals surface area (Å²) < 4.78 is 28.2. The Morgan fingerprint density at radius 2 is 1.45 bits per heavy atom. The van der Waals surface area contributed by atoms with Crippen LogP contribution in [-0.2, 0) is 21.2 Å². The van der Waals surface area contributed by atoms with Crippen LogP contribution in [0.1, 0.15) is 37.4 Å². The van der Waals surface area contributed by atoms with Crippen molar-refractivity contribution in [3.8, 4) is 0 Å². The molecule has 0 aliphatic rings. The number of nitrogens with one attached hydrogen (secondary N) is 1. The van der Waals surface area contributed by atoms with Crippen LogP contribution < -0.4 is 9.62 Å². The lowest BCUT2D eigenvalue weighted by Crippen LogP contribution is -2.42. The van der Waals surface area contributed by atoms with Gasteiger partial charge in [-0.2, -0.15) is 0 Å². The molecular formula is C25H28N2O3S. The molecule has 0 saturated carbocycles. The van der Waals surface area contributed by atoms with Gasteiger partial charge in [-0.25, -0.2) is 8.42 Å². The van der Waals surface area contributed by atoms with Crippen LogP contribution in [0.5, 0.6) is 0 Å². The van der Waals surface area contributed by atoms with Gasteiger partial charge in [0.15, 0.2) is 0 Å². The Bertz CT molecular complexity index is 1100. The molecular weight excluding hydrogens is 408 g/mol. The molecule has 0 saturated heterocycles. The Balaban J connectivity index is 1.94. The Hall–Kier alpha value is -3.12. The quantitative estimate of drug-likeness (QED) is 0.528. The summed E-state index contributed by atoms with van der Waals surface area (Å²) in [4.78, 5) is 13.2. The second-order valence-corrected chi connectivity index (χ2v) is 9.11. The van der Waals surface area contributed by atoms with Gasteiger partial charge in [-0.1, -0.05) is 80.6 Å². The van der Waals surface area contributed by atoms with Crippen LogP contribution in [0, 0.1) is 0 Å². The predicted octanol–water partition coefficient (Wildman–Crippen LogP) is 4.71. The number of para-hydroxylation sites is 1. The van der Waals surface area contributed by atoms with Gasteiger partial charge in [0.1, 0.15) is 6.54 Å². The Morgan fingerprint density at radius 1 is 0.871 bits per heavy atom. The van der Waals surface area contributed by atoms with Crippen molar-refractivity contribution >= 4 is 21.6 Å². The molecule has 1 atom stereocenters. The average molecular weight is 437 g/mol. The number of rotatable bonds is 9. The van der Waals surface area contributed by atoms with Gasteiger partial charge in [-0.15, -0.1) is 0 Å². The second-order valence-electron chi connectivity index (χ2n) is 7.25. The minimum Gasteiger partial charge on any atom is -0.348 e. The Morgan fingerprint density at radius 3 is 2.06 bits per heavy atom. The number of hydrogen-bond donors (Lipinski definition) is 1. The van der Waals surface area contributed by atoms with E-state index in [9.17, 15) is 13.2 Å². The highest BCUT2D eigenvalue weighted by Gasteiger charge is 2.29. The second kappa shape index (κ2) is 10.3. The number of amides is 1. The van der Waals surface area contributed by atoms with Crippen molar-refractivity contribution in [1.29, 1.82) is 0 Å². The van der Waals surface area contributed by atoms with E-state index in [2.05, 4.69) is 5.32 Å². The van der Waals surface area contributed by atoms with Crippen LogP contribution in [-0.4, -0.2) is 20.9 Å². The SMILES string of the molecule is CCc1ccccc1N(CC(=O)N[C@H](CC)c1ccccc1)S(=O)(=O)c1ccccc1. The highest BCUT2D eigenvalue weighted by molar-refractivity contribution is 7.92. The number of anilines is 1. The van der Waals surface area contributed by atoms with E-state index < -0.39 is 10.0 Å². The molecule has 0 aliphatic heterocycles. The molecule has 3 aromatic carbocycles. The van der Waals surface area contributed by atoms with Gasteiger partial charge in [0, 0.05) is 0 Å². The first-order valence-electron chi connectivity index (χ1n) is 10.5. The number of carbonyl (C=O) groups is 1. The number of carbonyl (C=O) groups excluding carboxylic acids is 1. The number of hydrogen-bond acceptors (Lipinski definition) is 3. The van der Waals surface area contributed by atoms with Gasteiger partial charge in [-0.3, -0.25) is 9.10 Å². The van der Waals surface area contributed by atoms with Crippen LogP contribution in [0.2, 0.25) is 0 Å². The number of sulfonamides is 1. The van der Waals surface area contributed by atoms with Crippen molar-refractivity contribution in [3.05, 3.63) is 96.1 Å². The van der Waals surface area contributed by atoms with Crippen LogP contribution in [0.15, 0.2) is 89.8 Å². The summed E-state index contributed by atoms with van der Waals surface area (Å²) in [5.41, 5.74) is 2.38. The van der Waals surface area contributed by atoms with Crippen LogP contribution in [0.25, 0.3) is 0 Å². The maximum absolute atomic E-state index is 13.5. The summed E-state index contributed by atoms with van der Waals surface area (Å²) in [6, 6.07) is 25.0. The van der Waals surface area contributed by atoms with Gasteiger partial charge in [-0.05, 0) is 42.2 Å². The van der Waals surface area contributed by atoms with E-state index in [0.717, 1.165) is 11.1 Å². The zero-order valence-electron chi connectivity index (χ0n) is 17.9. The summed E-state index contributed by atoms with van der Waals surface area (Å²) in [7, 11) is -3.92. The first kappa shape index (κ1) is 22.6. The molecule has 6 heteroatoms. The number of nitrogens with zero attached hydrogens (tertiary/aromatic N) is 1. The van der Waals surface area contributed by atoms with Crippen molar-refractivity contribution in [1.82, 2.24) is 5.32 Å². The van der Waals surface area contributed by atoms with E-state index in [0.29, 0.717) is 18.5 Å². The Kier molecular flexibility index (Phi) is 7.47. The van der Waals surface area contributed by atoms with Gasteiger partial charge in [0.05, 0.1) is 16.6 Å². The zero-order chi connectivity index (χ0) is 22.3. The fourth-order valence-corrected chi connectivity index (χ4v) is 5.03. The van der Waals surface area contributed by atoms with Gasteiger partial charge in [0.25, 0.3) is 10.0 Å². The summed E-state index contributed by atoms with van der Waals surface area (Å²) in [5.74, 6) is -0.346. The molecule has 31 heavy (non-hydrogen) atoms. The minimum atomic E-state index is -3.92. The highest BCUT2D eigenvalue weighted by Crippen LogP contribution is 2.27. The van der Waals surface area contributed by atoms with E-state index in [4.69, 9.17) is 0 Å². The molecule has 3 rings (SSSR count). The summed E-state index contributed by atoms with van der Waals surface area (Å²) in [6.07, 6.45) is 1.35. The smallest absolute Gasteiger partial charge is 0.264 e. The molecule has 0 heterocycles. The molecule has 0 aromatic heterocycles.